The van der Waals surface area contributed by atoms with Gasteiger partial charge in [-0.1, -0.05) is 72.3 Å². The summed E-state index contributed by atoms with van der Waals surface area (Å²) in [5.41, 5.74) is 8.16. The van der Waals surface area contributed by atoms with E-state index in [0.29, 0.717) is 10.8 Å². The van der Waals surface area contributed by atoms with Crippen molar-refractivity contribution in [1.29, 1.82) is 0 Å². The zero-order valence-electron chi connectivity index (χ0n) is 19.3. The van der Waals surface area contributed by atoms with Gasteiger partial charge in [-0.3, -0.25) is 4.79 Å². The molecule has 0 atom stereocenters. The van der Waals surface area contributed by atoms with Crippen molar-refractivity contribution in [3.05, 3.63) is 120 Å². The second kappa shape index (κ2) is 10.8. The van der Waals surface area contributed by atoms with Crippen LogP contribution >= 0.6 is 11.6 Å². The van der Waals surface area contributed by atoms with Crippen LogP contribution in [0.1, 0.15) is 5.56 Å². The molecule has 0 unspecified atom stereocenters. The van der Waals surface area contributed by atoms with Gasteiger partial charge in [0.15, 0.2) is 6.61 Å². The Bertz CT molecular complexity index is 1520. The summed E-state index contributed by atoms with van der Waals surface area (Å²) in [5, 5.41) is 5.62. The summed E-state index contributed by atoms with van der Waals surface area (Å²) in [6, 6.07) is 35.0. The average Bonchev–Trinajstić information content (AvgIpc) is 2.93. The summed E-state index contributed by atoms with van der Waals surface area (Å²) in [6.45, 7) is -0.140. The smallest absolute Gasteiger partial charge is 0.277 e. The van der Waals surface area contributed by atoms with E-state index < -0.39 is 0 Å². The zero-order chi connectivity index (χ0) is 24.7. The third-order valence-corrected chi connectivity index (χ3v) is 5.81. The van der Waals surface area contributed by atoms with Crippen molar-refractivity contribution in [3.63, 3.8) is 0 Å². The number of carbonyl (C=O) groups is 1. The van der Waals surface area contributed by atoms with E-state index in [-0.39, 0.29) is 12.5 Å². The summed E-state index contributed by atoms with van der Waals surface area (Å²) < 4.78 is 5.62. The average molecular weight is 492 g/mol. The number of rotatable bonds is 7. The summed E-state index contributed by atoms with van der Waals surface area (Å²) in [5.74, 6) is 0.241. The van der Waals surface area contributed by atoms with Crippen LogP contribution in [0.2, 0.25) is 5.02 Å². The minimum absolute atomic E-state index is 0.140. The molecule has 0 bridgehead atoms. The normalized spacial score (nSPS) is 11.0. The van der Waals surface area contributed by atoms with Crippen molar-refractivity contribution in [1.82, 2.24) is 10.4 Å². The molecular formula is C30H22ClN3O2. The molecule has 0 spiro atoms. The standard InChI is InChI=1S/C30H22ClN3O2/c31-24-13-16-28-27(17-24)26(22-9-5-2-6-10-22)18-29(33-28)23-11-14-25(15-12-23)36-20-30(35)34-32-19-21-7-3-1-4-8-21/h1-19H,20H2,(H,34,35)/b32-19+. The van der Waals surface area contributed by atoms with Gasteiger partial charge in [-0.15, -0.1) is 0 Å². The van der Waals surface area contributed by atoms with Crippen LogP contribution in [-0.4, -0.2) is 23.7 Å². The molecule has 0 saturated heterocycles. The first-order valence-corrected chi connectivity index (χ1v) is 11.8. The maximum Gasteiger partial charge on any atom is 0.277 e. The minimum atomic E-state index is -0.339. The van der Waals surface area contributed by atoms with Gasteiger partial charge in [0.2, 0.25) is 0 Å². The Morgan fingerprint density at radius 1 is 0.861 bits per heavy atom. The quantitative estimate of drug-likeness (QED) is 0.202. The number of hydrogen-bond donors (Lipinski definition) is 1. The van der Waals surface area contributed by atoms with Gasteiger partial charge < -0.3 is 4.74 Å². The lowest BCUT2D eigenvalue weighted by Gasteiger charge is -2.11. The van der Waals surface area contributed by atoms with Crippen LogP contribution < -0.4 is 10.2 Å². The predicted octanol–water partition coefficient (Wildman–Crippen LogP) is 6.75. The molecule has 0 aliphatic heterocycles. The number of nitrogens with one attached hydrogen (secondary N) is 1. The Kier molecular flexibility index (Phi) is 7.01. The lowest BCUT2D eigenvalue weighted by molar-refractivity contribution is -0.123. The number of nitrogens with zero attached hydrogens (tertiary/aromatic N) is 2. The maximum absolute atomic E-state index is 12.0. The molecule has 0 saturated carbocycles. The highest BCUT2D eigenvalue weighted by molar-refractivity contribution is 6.31. The molecule has 0 radical (unpaired) electrons. The van der Waals surface area contributed by atoms with Crippen LogP contribution in [0.3, 0.4) is 0 Å². The molecule has 0 aliphatic carbocycles. The fraction of sp³-hybridized carbons (Fsp3) is 0.0333. The van der Waals surface area contributed by atoms with Gasteiger partial charge >= 0.3 is 0 Å². The number of hydrazone groups is 1. The van der Waals surface area contributed by atoms with Crippen molar-refractivity contribution in [2.45, 2.75) is 0 Å². The molecule has 1 amide bonds. The van der Waals surface area contributed by atoms with E-state index >= 15 is 0 Å². The Labute approximate surface area is 214 Å². The summed E-state index contributed by atoms with van der Waals surface area (Å²) >= 11 is 6.28. The number of hydrogen-bond acceptors (Lipinski definition) is 4. The highest BCUT2D eigenvalue weighted by atomic mass is 35.5. The summed E-state index contributed by atoms with van der Waals surface area (Å²) in [6.07, 6.45) is 1.58. The van der Waals surface area contributed by atoms with E-state index in [9.17, 15) is 4.79 Å². The first-order valence-electron chi connectivity index (χ1n) is 11.4. The first kappa shape index (κ1) is 23.3. The number of benzene rings is 4. The second-order valence-corrected chi connectivity index (χ2v) is 8.54. The van der Waals surface area contributed by atoms with Gasteiger partial charge in [0.25, 0.3) is 5.91 Å². The fourth-order valence-electron chi connectivity index (χ4n) is 3.82. The van der Waals surface area contributed by atoms with Gasteiger partial charge in [-0.2, -0.15) is 5.10 Å². The molecule has 5 nitrogen and oxygen atoms in total. The Balaban J connectivity index is 1.30. The highest BCUT2D eigenvalue weighted by Crippen LogP contribution is 2.33. The number of fused-ring (bicyclic) bond motifs is 1. The number of ether oxygens (including phenoxy) is 1. The molecule has 1 heterocycles. The third kappa shape index (κ3) is 5.59. The SMILES string of the molecule is O=C(COc1ccc(-c2cc(-c3ccccc3)c3cc(Cl)ccc3n2)cc1)N/N=C/c1ccccc1. The lowest BCUT2D eigenvalue weighted by Crippen LogP contribution is -2.24. The van der Waals surface area contributed by atoms with Crippen molar-refractivity contribution >= 4 is 34.6 Å². The molecule has 6 heteroatoms. The third-order valence-electron chi connectivity index (χ3n) is 5.58. The number of halogens is 1. The maximum atomic E-state index is 12.0. The van der Waals surface area contributed by atoms with E-state index in [1.54, 1.807) is 6.21 Å². The van der Waals surface area contributed by atoms with Gasteiger partial charge in [0, 0.05) is 16.0 Å². The molecule has 0 aliphatic rings. The minimum Gasteiger partial charge on any atom is -0.484 e. The van der Waals surface area contributed by atoms with Gasteiger partial charge in [-0.25, -0.2) is 10.4 Å². The lowest BCUT2D eigenvalue weighted by atomic mass is 9.98. The number of aromatic nitrogens is 1. The van der Waals surface area contributed by atoms with Crippen molar-refractivity contribution in [2.24, 2.45) is 5.10 Å². The molecule has 176 valence electrons. The summed E-state index contributed by atoms with van der Waals surface area (Å²) in [7, 11) is 0. The van der Waals surface area contributed by atoms with Crippen LogP contribution in [0.15, 0.2) is 114 Å². The van der Waals surface area contributed by atoms with E-state index in [1.165, 1.54) is 0 Å². The van der Waals surface area contributed by atoms with E-state index in [1.807, 2.05) is 91.0 Å². The van der Waals surface area contributed by atoms with E-state index in [4.69, 9.17) is 21.3 Å². The van der Waals surface area contributed by atoms with Crippen LogP contribution in [-0.2, 0) is 4.79 Å². The van der Waals surface area contributed by atoms with E-state index in [0.717, 1.165) is 38.9 Å². The fourth-order valence-corrected chi connectivity index (χ4v) is 4.00. The Hall–Kier alpha value is -4.48. The van der Waals surface area contributed by atoms with Crippen LogP contribution in [0, 0.1) is 0 Å². The Morgan fingerprint density at radius 2 is 1.58 bits per heavy atom. The van der Waals surface area contributed by atoms with Crippen LogP contribution in [0.5, 0.6) is 5.75 Å². The highest BCUT2D eigenvalue weighted by Gasteiger charge is 2.11. The monoisotopic (exact) mass is 491 g/mol. The van der Waals surface area contributed by atoms with E-state index in [2.05, 4.69) is 28.7 Å². The molecule has 4 aromatic carbocycles. The van der Waals surface area contributed by atoms with Crippen molar-refractivity contribution in [3.8, 4) is 28.1 Å². The zero-order valence-corrected chi connectivity index (χ0v) is 20.0. The number of carbonyl (C=O) groups excluding carboxylic acids is 1. The molecule has 36 heavy (non-hydrogen) atoms. The predicted molar refractivity (Wildman–Crippen MR) is 145 cm³/mol. The molecule has 0 fully saturated rings. The molecule has 5 aromatic rings. The molecule has 1 aromatic heterocycles. The Morgan fingerprint density at radius 3 is 2.33 bits per heavy atom. The van der Waals surface area contributed by atoms with Crippen molar-refractivity contribution < 1.29 is 9.53 Å². The first-order chi connectivity index (χ1) is 17.7. The molecular weight excluding hydrogens is 470 g/mol. The topological polar surface area (TPSA) is 63.6 Å². The molecule has 5 rings (SSSR count). The second-order valence-electron chi connectivity index (χ2n) is 8.10. The largest absolute Gasteiger partial charge is 0.484 e. The summed E-state index contributed by atoms with van der Waals surface area (Å²) in [4.78, 5) is 16.9. The van der Waals surface area contributed by atoms with Gasteiger partial charge in [-0.05, 0) is 65.2 Å². The van der Waals surface area contributed by atoms with Crippen LogP contribution in [0.25, 0.3) is 33.3 Å². The number of pyridine rings is 1. The van der Waals surface area contributed by atoms with Crippen LogP contribution in [0.4, 0.5) is 0 Å². The van der Waals surface area contributed by atoms with Gasteiger partial charge in [0.05, 0.1) is 17.4 Å². The van der Waals surface area contributed by atoms with Gasteiger partial charge in [0.1, 0.15) is 5.75 Å². The van der Waals surface area contributed by atoms with Crippen molar-refractivity contribution in [2.75, 3.05) is 6.61 Å². The molecule has 1 N–H and O–H groups in total. The number of amides is 1.